The molecule has 0 saturated carbocycles. The lowest BCUT2D eigenvalue weighted by atomic mass is 10.0. The first-order valence-corrected chi connectivity index (χ1v) is 6.38. The van der Waals surface area contributed by atoms with Crippen molar-refractivity contribution in [2.75, 3.05) is 0 Å². The number of amides is 4. The van der Waals surface area contributed by atoms with Crippen LogP contribution in [0.5, 0.6) is 0 Å². The van der Waals surface area contributed by atoms with Gasteiger partial charge in [0.2, 0.25) is 11.8 Å². The second kappa shape index (κ2) is 4.56. The van der Waals surface area contributed by atoms with E-state index in [-0.39, 0.29) is 18.7 Å². The molecule has 0 bridgehead atoms. The summed E-state index contributed by atoms with van der Waals surface area (Å²) in [7, 11) is 0. The van der Waals surface area contributed by atoms with Gasteiger partial charge >= 0.3 is 0 Å². The maximum atomic E-state index is 12.3. The van der Waals surface area contributed by atoms with Crippen molar-refractivity contribution in [3.63, 3.8) is 0 Å². The van der Waals surface area contributed by atoms with E-state index in [9.17, 15) is 19.2 Å². The third kappa shape index (κ3) is 1.80. The van der Waals surface area contributed by atoms with E-state index in [1.807, 2.05) is 6.08 Å². The first kappa shape index (κ1) is 12.5. The molecule has 0 aromatic carbocycles. The molecule has 2 saturated heterocycles. The topological polar surface area (TPSA) is 83.6 Å². The number of imide groups is 2. The summed E-state index contributed by atoms with van der Waals surface area (Å²) in [4.78, 5) is 48.6. The lowest BCUT2D eigenvalue weighted by Crippen LogP contribution is -2.54. The van der Waals surface area contributed by atoms with Crippen molar-refractivity contribution in [2.24, 2.45) is 0 Å². The zero-order chi connectivity index (χ0) is 14.3. The molecule has 3 aliphatic rings. The van der Waals surface area contributed by atoms with Crippen molar-refractivity contribution in [2.45, 2.75) is 25.3 Å². The highest BCUT2D eigenvalue weighted by Gasteiger charge is 2.46. The Morgan fingerprint density at radius 2 is 1.85 bits per heavy atom. The maximum absolute atomic E-state index is 12.3. The number of nitrogens with zero attached hydrogens (tertiary/aromatic N) is 1. The Balaban J connectivity index is 1.96. The average molecular weight is 272 g/mol. The van der Waals surface area contributed by atoms with Gasteiger partial charge < -0.3 is 0 Å². The van der Waals surface area contributed by atoms with Crippen molar-refractivity contribution in [1.29, 1.82) is 0 Å². The molecule has 0 spiro atoms. The summed E-state index contributed by atoms with van der Waals surface area (Å²) < 4.78 is 0. The second-order valence-electron chi connectivity index (χ2n) is 4.81. The van der Waals surface area contributed by atoms with E-state index in [0.29, 0.717) is 17.6 Å². The number of allylic oxidation sites excluding steroid dienone is 4. The van der Waals surface area contributed by atoms with Crippen LogP contribution in [0.15, 0.2) is 35.5 Å². The largest absolute Gasteiger partial charge is 0.295 e. The highest BCUT2D eigenvalue weighted by atomic mass is 16.2. The average Bonchev–Trinajstić information content (AvgIpc) is 2.61. The van der Waals surface area contributed by atoms with Gasteiger partial charge in [-0.2, -0.15) is 0 Å². The molecule has 2 aliphatic heterocycles. The first-order valence-electron chi connectivity index (χ1n) is 6.38. The molecule has 1 N–H and O–H groups in total. The fraction of sp³-hybridized carbons (Fsp3) is 0.286. The minimum Gasteiger partial charge on any atom is -0.295 e. The summed E-state index contributed by atoms with van der Waals surface area (Å²) in [5, 5.41) is 2.16. The van der Waals surface area contributed by atoms with Gasteiger partial charge in [0.25, 0.3) is 11.8 Å². The van der Waals surface area contributed by atoms with Crippen LogP contribution in [0.1, 0.15) is 19.3 Å². The Kier molecular flexibility index (Phi) is 2.85. The van der Waals surface area contributed by atoms with Crippen molar-refractivity contribution in [3.8, 4) is 0 Å². The number of hydrogen-bond acceptors (Lipinski definition) is 4. The summed E-state index contributed by atoms with van der Waals surface area (Å²) >= 11 is 0. The molecule has 1 aliphatic carbocycles. The normalized spacial score (nSPS) is 26.0. The predicted octanol–water partition coefficient (Wildman–Crippen LogP) is -0.0269. The molecule has 2 fully saturated rings. The monoisotopic (exact) mass is 272 g/mol. The van der Waals surface area contributed by atoms with E-state index in [1.165, 1.54) is 0 Å². The third-order valence-electron chi connectivity index (χ3n) is 3.57. The van der Waals surface area contributed by atoms with Crippen molar-refractivity contribution in [1.82, 2.24) is 10.2 Å². The zero-order valence-corrected chi connectivity index (χ0v) is 10.6. The van der Waals surface area contributed by atoms with Crippen molar-refractivity contribution in [3.05, 3.63) is 35.5 Å². The first-order chi connectivity index (χ1) is 9.59. The molecule has 6 heteroatoms. The molecule has 1 unspecified atom stereocenters. The quantitative estimate of drug-likeness (QED) is 0.680. The lowest BCUT2D eigenvalue weighted by Gasteiger charge is -2.27. The summed E-state index contributed by atoms with van der Waals surface area (Å²) in [6.07, 6.45) is 7.71. The molecule has 0 aromatic rings. The van der Waals surface area contributed by atoms with Gasteiger partial charge in [-0.3, -0.25) is 29.4 Å². The molecule has 6 nitrogen and oxygen atoms in total. The Morgan fingerprint density at radius 3 is 2.60 bits per heavy atom. The van der Waals surface area contributed by atoms with Crippen LogP contribution in [-0.4, -0.2) is 34.6 Å². The molecule has 2 heterocycles. The highest BCUT2D eigenvalue weighted by molar-refractivity contribution is 6.26. The number of rotatable bonds is 1. The van der Waals surface area contributed by atoms with Crippen molar-refractivity contribution >= 4 is 23.6 Å². The predicted molar refractivity (Wildman–Crippen MR) is 67.9 cm³/mol. The van der Waals surface area contributed by atoms with Crippen LogP contribution in [0, 0.1) is 0 Å². The number of piperidine rings is 1. The maximum Gasteiger partial charge on any atom is 0.262 e. The van der Waals surface area contributed by atoms with E-state index in [0.717, 1.165) is 4.90 Å². The van der Waals surface area contributed by atoms with Gasteiger partial charge in [-0.1, -0.05) is 18.2 Å². The number of fused-ring (bicyclic) bond motifs is 1. The van der Waals surface area contributed by atoms with E-state index < -0.39 is 23.8 Å². The third-order valence-corrected chi connectivity index (χ3v) is 3.57. The zero-order valence-electron chi connectivity index (χ0n) is 10.6. The van der Waals surface area contributed by atoms with E-state index in [4.69, 9.17) is 0 Å². The number of likely N-dealkylation sites (tertiary alicyclic amines) is 1. The standard InChI is InChI=1S/C14H12N2O4/c17-11-7-6-10(12(18)15-11)16-13(19)8-4-2-1-3-5-9(8)14(16)20/h1-2,4-5,10H,3,6-7H2,(H,15,17,18). The molecular weight excluding hydrogens is 260 g/mol. The fourth-order valence-corrected chi connectivity index (χ4v) is 2.58. The molecule has 102 valence electrons. The number of carbonyl (C=O) groups is 4. The summed E-state index contributed by atoms with van der Waals surface area (Å²) in [5.74, 6) is -1.89. The van der Waals surface area contributed by atoms with Gasteiger partial charge in [0.1, 0.15) is 6.04 Å². The van der Waals surface area contributed by atoms with Crippen LogP contribution in [0.3, 0.4) is 0 Å². The van der Waals surface area contributed by atoms with Gasteiger partial charge in [-0.15, -0.1) is 0 Å². The number of nitrogens with one attached hydrogen (secondary N) is 1. The molecular formula is C14H12N2O4. The van der Waals surface area contributed by atoms with Gasteiger partial charge in [-0.25, -0.2) is 0 Å². The van der Waals surface area contributed by atoms with E-state index >= 15 is 0 Å². The molecule has 3 rings (SSSR count). The van der Waals surface area contributed by atoms with Crippen LogP contribution in [0.2, 0.25) is 0 Å². The molecule has 0 radical (unpaired) electrons. The van der Waals surface area contributed by atoms with Crippen molar-refractivity contribution < 1.29 is 19.2 Å². The minimum atomic E-state index is -0.898. The van der Waals surface area contributed by atoms with Crippen LogP contribution < -0.4 is 5.32 Å². The van der Waals surface area contributed by atoms with Crippen LogP contribution in [-0.2, 0) is 19.2 Å². The van der Waals surface area contributed by atoms with E-state index in [1.54, 1.807) is 18.2 Å². The number of hydrogen-bond donors (Lipinski definition) is 1. The van der Waals surface area contributed by atoms with Crippen LogP contribution >= 0.6 is 0 Å². The molecule has 1 atom stereocenters. The Morgan fingerprint density at radius 1 is 1.10 bits per heavy atom. The lowest BCUT2D eigenvalue weighted by molar-refractivity contribution is -0.149. The number of carbonyl (C=O) groups excluding carboxylic acids is 4. The summed E-state index contributed by atoms with van der Waals surface area (Å²) in [5.41, 5.74) is 0.651. The Bertz CT molecular complexity index is 627. The van der Waals surface area contributed by atoms with Gasteiger partial charge in [0.15, 0.2) is 0 Å². The molecule has 4 amide bonds. The summed E-state index contributed by atoms with van der Waals surface area (Å²) in [6, 6.07) is -0.898. The van der Waals surface area contributed by atoms with Crippen LogP contribution in [0.25, 0.3) is 0 Å². The molecule has 20 heavy (non-hydrogen) atoms. The smallest absolute Gasteiger partial charge is 0.262 e. The van der Waals surface area contributed by atoms with Gasteiger partial charge in [-0.05, 0) is 18.9 Å². The van der Waals surface area contributed by atoms with E-state index in [2.05, 4.69) is 5.32 Å². The highest BCUT2D eigenvalue weighted by Crippen LogP contribution is 2.30. The Labute approximate surface area is 114 Å². The minimum absolute atomic E-state index is 0.130. The fourth-order valence-electron chi connectivity index (χ4n) is 2.58. The Hall–Kier alpha value is -2.50. The van der Waals surface area contributed by atoms with Crippen LogP contribution in [0.4, 0.5) is 0 Å². The summed E-state index contributed by atoms with van der Waals surface area (Å²) in [6.45, 7) is 0. The van der Waals surface area contributed by atoms with Gasteiger partial charge in [0, 0.05) is 12.0 Å². The SMILES string of the molecule is O=C1CCC(N2C(=O)C3=CC=CCC=C3C2=O)C(=O)N1. The second-order valence-corrected chi connectivity index (χ2v) is 4.81. The van der Waals surface area contributed by atoms with Gasteiger partial charge in [0.05, 0.1) is 5.57 Å². The molecule has 0 aromatic heterocycles.